The molecule has 2 aliphatic heterocycles. The van der Waals surface area contributed by atoms with Gasteiger partial charge in [-0.25, -0.2) is 8.42 Å². The van der Waals surface area contributed by atoms with Crippen molar-refractivity contribution in [2.75, 3.05) is 32.8 Å². The zero-order valence-corrected chi connectivity index (χ0v) is 17.5. The predicted molar refractivity (Wildman–Crippen MR) is 106 cm³/mol. The minimum Gasteiger partial charge on any atom is -0.494 e. The summed E-state index contributed by atoms with van der Waals surface area (Å²) in [6.07, 6.45) is 3.21. The van der Waals surface area contributed by atoms with Gasteiger partial charge in [-0.15, -0.1) is 0 Å². The van der Waals surface area contributed by atoms with E-state index in [-0.39, 0.29) is 22.8 Å². The number of ether oxygens (including phenoxy) is 2. The molecule has 2 fully saturated rings. The van der Waals surface area contributed by atoms with Crippen molar-refractivity contribution in [3.63, 3.8) is 0 Å². The summed E-state index contributed by atoms with van der Waals surface area (Å²) in [4.78, 5) is 12.6. The number of carbonyl (C=O) groups excluding carboxylic acids is 1. The second kappa shape index (κ2) is 9.24. The number of rotatable bonds is 7. The number of sulfonamides is 1. The van der Waals surface area contributed by atoms with Crippen molar-refractivity contribution in [1.82, 2.24) is 9.62 Å². The number of nitrogens with zero attached hydrogens (tertiary/aromatic N) is 1. The van der Waals surface area contributed by atoms with Gasteiger partial charge in [-0.3, -0.25) is 4.79 Å². The Balaban J connectivity index is 1.55. The van der Waals surface area contributed by atoms with Crippen LogP contribution in [-0.2, 0) is 19.6 Å². The molecule has 0 aromatic heterocycles. The molecule has 3 rings (SSSR count). The van der Waals surface area contributed by atoms with Gasteiger partial charge in [0.05, 0.1) is 17.6 Å². The van der Waals surface area contributed by atoms with E-state index in [2.05, 4.69) is 5.32 Å². The monoisotopic (exact) mass is 410 g/mol. The van der Waals surface area contributed by atoms with Gasteiger partial charge in [0.1, 0.15) is 5.75 Å². The van der Waals surface area contributed by atoms with Gasteiger partial charge < -0.3 is 14.8 Å². The van der Waals surface area contributed by atoms with Gasteiger partial charge in [0, 0.05) is 32.2 Å². The summed E-state index contributed by atoms with van der Waals surface area (Å²) < 4.78 is 38.4. The largest absolute Gasteiger partial charge is 0.494 e. The first kappa shape index (κ1) is 21.1. The van der Waals surface area contributed by atoms with E-state index in [1.165, 1.54) is 4.31 Å². The number of hydrogen-bond donors (Lipinski definition) is 1. The molecule has 1 atom stereocenters. The van der Waals surface area contributed by atoms with Crippen LogP contribution in [0.2, 0.25) is 0 Å². The van der Waals surface area contributed by atoms with E-state index in [9.17, 15) is 13.2 Å². The van der Waals surface area contributed by atoms with Crippen LogP contribution < -0.4 is 10.1 Å². The average Bonchev–Trinajstić information content (AvgIpc) is 3.21. The molecule has 0 bridgehead atoms. The Hall–Kier alpha value is -1.64. The van der Waals surface area contributed by atoms with Crippen molar-refractivity contribution in [2.24, 2.45) is 5.92 Å². The summed E-state index contributed by atoms with van der Waals surface area (Å²) in [6, 6.07) is 4.95. The molecule has 0 radical (unpaired) electrons. The Bertz CT molecular complexity index is 782. The van der Waals surface area contributed by atoms with Gasteiger partial charge in [-0.2, -0.15) is 4.31 Å². The first-order valence-corrected chi connectivity index (χ1v) is 11.5. The van der Waals surface area contributed by atoms with E-state index in [0.717, 1.165) is 25.0 Å². The number of benzene rings is 1. The molecule has 2 heterocycles. The number of hydrogen-bond acceptors (Lipinski definition) is 5. The van der Waals surface area contributed by atoms with E-state index in [4.69, 9.17) is 9.47 Å². The first-order valence-electron chi connectivity index (χ1n) is 10.0. The molecule has 7 nitrogen and oxygen atoms in total. The maximum absolute atomic E-state index is 13.0. The zero-order chi connectivity index (χ0) is 20.1. The Morgan fingerprint density at radius 2 is 2.04 bits per heavy atom. The molecule has 1 N–H and O–H groups in total. The van der Waals surface area contributed by atoms with Gasteiger partial charge >= 0.3 is 0 Å². The van der Waals surface area contributed by atoms with Crippen molar-refractivity contribution in [1.29, 1.82) is 0 Å². The highest BCUT2D eigenvalue weighted by molar-refractivity contribution is 7.89. The van der Waals surface area contributed by atoms with Crippen molar-refractivity contribution in [2.45, 2.75) is 50.5 Å². The summed E-state index contributed by atoms with van der Waals surface area (Å²) in [7, 11) is -3.56. The van der Waals surface area contributed by atoms with Crippen LogP contribution in [-0.4, -0.2) is 57.6 Å². The number of amides is 1. The lowest BCUT2D eigenvalue weighted by atomic mass is 9.97. The Kier molecular flexibility index (Phi) is 6.95. The van der Waals surface area contributed by atoms with E-state index < -0.39 is 10.0 Å². The molecular weight excluding hydrogens is 380 g/mol. The minimum absolute atomic E-state index is 0.00413. The van der Waals surface area contributed by atoms with Crippen molar-refractivity contribution in [3.8, 4) is 5.75 Å². The van der Waals surface area contributed by atoms with Gasteiger partial charge in [0.25, 0.3) is 0 Å². The SMILES string of the molecule is CCOc1ccc(S(=O)(=O)N2CCC(C(=O)NC[C@H]3CCCO3)CC2)cc1C. The maximum atomic E-state index is 13.0. The molecule has 8 heteroatoms. The Morgan fingerprint density at radius 3 is 2.64 bits per heavy atom. The second-order valence-corrected chi connectivity index (χ2v) is 9.36. The van der Waals surface area contributed by atoms with Gasteiger partial charge in [0.2, 0.25) is 15.9 Å². The lowest BCUT2D eigenvalue weighted by Crippen LogP contribution is -2.44. The van der Waals surface area contributed by atoms with Gasteiger partial charge in [-0.05, 0) is 63.3 Å². The van der Waals surface area contributed by atoms with Crippen LogP contribution in [0.4, 0.5) is 0 Å². The number of carbonyl (C=O) groups is 1. The number of piperidine rings is 1. The van der Waals surface area contributed by atoms with Crippen molar-refractivity contribution in [3.05, 3.63) is 23.8 Å². The van der Waals surface area contributed by atoms with E-state index in [1.807, 2.05) is 13.8 Å². The lowest BCUT2D eigenvalue weighted by Gasteiger charge is -2.30. The molecule has 0 saturated carbocycles. The highest BCUT2D eigenvalue weighted by Gasteiger charge is 2.32. The zero-order valence-electron chi connectivity index (χ0n) is 16.6. The van der Waals surface area contributed by atoms with E-state index >= 15 is 0 Å². The molecule has 2 saturated heterocycles. The molecule has 1 aromatic carbocycles. The fourth-order valence-electron chi connectivity index (χ4n) is 3.77. The molecule has 1 aromatic rings. The van der Waals surface area contributed by atoms with Gasteiger partial charge in [0.15, 0.2) is 0 Å². The summed E-state index contributed by atoms with van der Waals surface area (Å²) >= 11 is 0. The van der Waals surface area contributed by atoms with Crippen LogP contribution in [0.1, 0.15) is 38.2 Å². The van der Waals surface area contributed by atoms with Crippen LogP contribution in [0.25, 0.3) is 0 Å². The molecule has 0 spiro atoms. The van der Waals surface area contributed by atoms with Crippen molar-refractivity contribution < 1.29 is 22.7 Å². The number of aryl methyl sites for hydroxylation is 1. The predicted octanol–water partition coefficient (Wildman–Crippen LogP) is 2.09. The van der Waals surface area contributed by atoms with E-state index in [0.29, 0.717) is 44.8 Å². The van der Waals surface area contributed by atoms with Crippen LogP contribution in [0.5, 0.6) is 5.75 Å². The number of nitrogens with one attached hydrogen (secondary N) is 1. The smallest absolute Gasteiger partial charge is 0.243 e. The highest BCUT2D eigenvalue weighted by Crippen LogP contribution is 2.27. The molecular formula is C20H30N2O5S. The molecule has 2 aliphatic rings. The standard InChI is InChI=1S/C20H30N2O5S/c1-3-26-19-7-6-18(13-15(19)2)28(24,25)22-10-8-16(9-11-22)20(23)21-14-17-5-4-12-27-17/h6-7,13,16-17H,3-5,8-12,14H2,1-2H3,(H,21,23)/t17-/m1/s1. The lowest BCUT2D eigenvalue weighted by molar-refractivity contribution is -0.126. The minimum atomic E-state index is -3.56. The molecule has 0 unspecified atom stereocenters. The quantitative estimate of drug-likeness (QED) is 0.744. The molecule has 1 amide bonds. The summed E-state index contributed by atoms with van der Waals surface area (Å²) in [5.41, 5.74) is 0.798. The fraction of sp³-hybridized carbons (Fsp3) is 0.650. The third-order valence-corrected chi connectivity index (χ3v) is 7.33. The van der Waals surface area contributed by atoms with E-state index in [1.54, 1.807) is 18.2 Å². The third kappa shape index (κ3) is 4.85. The normalized spacial score (nSPS) is 21.6. The van der Waals surface area contributed by atoms with Crippen LogP contribution in [0.3, 0.4) is 0 Å². The summed E-state index contributed by atoms with van der Waals surface area (Å²) in [5, 5.41) is 2.96. The van der Waals surface area contributed by atoms with Crippen LogP contribution >= 0.6 is 0 Å². The molecule has 156 valence electrons. The first-order chi connectivity index (χ1) is 13.4. The summed E-state index contributed by atoms with van der Waals surface area (Å²) in [5.74, 6) is 0.558. The average molecular weight is 411 g/mol. The highest BCUT2D eigenvalue weighted by atomic mass is 32.2. The molecule has 28 heavy (non-hydrogen) atoms. The fourth-order valence-corrected chi connectivity index (χ4v) is 5.33. The third-order valence-electron chi connectivity index (χ3n) is 5.44. The van der Waals surface area contributed by atoms with Gasteiger partial charge in [-0.1, -0.05) is 0 Å². The molecule has 0 aliphatic carbocycles. The maximum Gasteiger partial charge on any atom is 0.243 e. The van der Waals surface area contributed by atoms with Crippen molar-refractivity contribution >= 4 is 15.9 Å². The Morgan fingerprint density at radius 1 is 1.29 bits per heavy atom. The topological polar surface area (TPSA) is 84.9 Å². The Labute approximate surface area is 167 Å². The van der Waals surface area contributed by atoms with Crippen LogP contribution in [0, 0.1) is 12.8 Å². The second-order valence-electron chi connectivity index (χ2n) is 7.42. The summed E-state index contributed by atoms with van der Waals surface area (Å²) in [6.45, 7) is 6.29. The van der Waals surface area contributed by atoms with Crippen LogP contribution in [0.15, 0.2) is 23.1 Å².